The minimum absolute atomic E-state index is 0.0395. The minimum Gasteiger partial charge on any atom is -0.344 e. The third kappa shape index (κ3) is 3.46. The zero-order valence-corrected chi connectivity index (χ0v) is 13.0. The molecule has 1 atom stereocenters. The summed E-state index contributed by atoms with van der Waals surface area (Å²) < 4.78 is 0. The lowest BCUT2D eigenvalue weighted by Crippen LogP contribution is -2.27. The van der Waals surface area contributed by atoms with Crippen LogP contribution in [0.25, 0.3) is 0 Å². The number of nitrogens with two attached hydrogens (primary N) is 1. The van der Waals surface area contributed by atoms with Crippen molar-refractivity contribution in [3.05, 3.63) is 55.5 Å². The molecule has 22 heavy (non-hydrogen) atoms. The number of hydrogen-bond acceptors (Lipinski definition) is 6. The normalized spacial score (nSPS) is 12.0. The first-order valence-electron chi connectivity index (χ1n) is 6.62. The average molecular weight is 320 g/mol. The first-order chi connectivity index (χ1) is 10.4. The second-order valence-electron chi connectivity index (χ2n) is 4.83. The van der Waals surface area contributed by atoms with Crippen LogP contribution in [0.2, 0.25) is 0 Å². The molecule has 0 saturated carbocycles. The molecular formula is C14H16N4O3S. The van der Waals surface area contributed by atoms with E-state index >= 15 is 0 Å². The number of hydrogen-bond donors (Lipinski definition) is 2. The second-order valence-corrected chi connectivity index (χ2v) is 5.77. The Balaban J connectivity index is 2.14. The molecule has 0 aliphatic rings. The Morgan fingerprint density at radius 2 is 2.27 bits per heavy atom. The van der Waals surface area contributed by atoms with Gasteiger partial charge in [-0.15, -0.1) is 11.3 Å². The average Bonchev–Trinajstić information content (AvgIpc) is 2.96. The molecule has 0 spiro atoms. The number of benzene rings is 1. The van der Waals surface area contributed by atoms with Gasteiger partial charge in [0, 0.05) is 23.6 Å². The van der Waals surface area contributed by atoms with Gasteiger partial charge in [0.15, 0.2) is 0 Å². The molecule has 0 fully saturated rings. The summed E-state index contributed by atoms with van der Waals surface area (Å²) >= 11 is 1.32. The molecule has 1 unspecified atom stereocenters. The Labute approximate surface area is 131 Å². The molecule has 1 aromatic carbocycles. The Bertz CT molecular complexity index is 714. The standard InChI is InChI=1S/C14H16N4O3S/c1-8-3-4-10(5-12(8)18(20)21)9(2)16-14(19)11-7-22-13(6-15)17-11/h3-5,7,9H,6,15H2,1-2H3,(H,16,19). The monoisotopic (exact) mass is 320 g/mol. The van der Waals surface area contributed by atoms with Crippen LogP contribution in [0.4, 0.5) is 5.69 Å². The van der Waals surface area contributed by atoms with E-state index in [9.17, 15) is 14.9 Å². The van der Waals surface area contributed by atoms with Crippen molar-refractivity contribution >= 4 is 22.9 Å². The molecule has 8 heteroatoms. The number of thiazole rings is 1. The molecule has 116 valence electrons. The smallest absolute Gasteiger partial charge is 0.272 e. The van der Waals surface area contributed by atoms with E-state index in [1.807, 2.05) is 0 Å². The number of aryl methyl sites for hydroxylation is 1. The first kappa shape index (κ1) is 16.1. The zero-order chi connectivity index (χ0) is 16.3. The molecule has 1 aromatic heterocycles. The van der Waals surface area contributed by atoms with Crippen molar-refractivity contribution in [3.63, 3.8) is 0 Å². The predicted molar refractivity (Wildman–Crippen MR) is 83.7 cm³/mol. The number of nitro benzene ring substituents is 1. The van der Waals surface area contributed by atoms with Gasteiger partial charge in [-0.3, -0.25) is 14.9 Å². The Hall–Kier alpha value is -2.32. The van der Waals surface area contributed by atoms with E-state index in [0.717, 1.165) is 0 Å². The van der Waals surface area contributed by atoms with Crippen LogP contribution in [0.1, 0.15) is 39.6 Å². The Morgan fingerprint density at radius 1 is 1.55 bits per heavy atom. The van der Waals surface area contributed by atoms with Crippen LogP contribution in [-0.2, 0) is 6.54 Å². The quantitative estimate of drug-likeness (QED) is 0.648. The van der Waals surface area contributed by atoms with Gasteiger partial charge < -0.3 is 11.1 Å². The van der Waals surface area contributed by atoms with Gasteiger partial charge in [0.05, 0.1) is 11.0 Å². The summed E-state index contributed by atoms with van der Waals surface area (Å²) in [7, 11) is 0. The number of carbonyl (C=O) groups excluding carboxylic acids is 1. The van der Waals surface area contributed by atoms with Crippen molar-refractivity contribution in [2.24, 2.45) is 5.73 Å². The number of carbonyl (C=O) groups is 1. The van der Waals surface area contributed by atoms with E-state index in [4.69, 9.17) is 5.73 Å². The number of amides is 1. The molecule has 3 N–H and O–H groups in total. The summed E-state index contributed by atoms with van der Waals surface area (Å²) in [5, 5.41) is 16.1. The van der Waals surface area contributed by atoms with Crippen LogP contribution in [0.5, 0.6) is 0 Å². The molecule has 0 aliphatic carbocycles. The maximum Gasteiger partial charge on any atom is 0.272 e. The van der Waals surface area contributed by atoms with Crippen molar-refractivity contribution in [3.8, 4) is 0 Å². The number of aromatic nitrogens is 1. The molecule has 2 rings (SSSR count). The SMILES string of the molecule is Cc1ccc(C(C)NC(=O)c2csc(CN)n2)cc1[N+](=O)[O-]. The number of rotatable bonds is 5. The van der Waals surface area contributed by atoms with E-state index in [1.165, 1.54) is 17.4 Å². The Kier molecular flexibility index (Phi) is 4.84. The van der Waals surface area contributed by atoms with Gasteiger partial charge in [-0.2, -0.15) is 0 Å². The van der Waals surface area contributed by atoms with Crippen LogP contribution in [-0.4, -0.2) is 15.8 Å². The fourth-order valence-electron chi connectivity index (χ4n) is 1.96. The van der Waals surface area contributed by atoms with E-state index in [1.54, 1.807) is 31.4 Å². The summed E-state index contributed by atoms with van der Waals surface area (Å²) in [5.74, 6) is -0.327. The van der Waals surface area contributed by atoms with Crippen LogP contribution < -0.4 is 11.1 Å². The van der Waals surface area contributed by atoms with Gasteiger partial charge >= 0.3 is 0 Å². The lowest BCUT2D eigenvalue weighted by molar-refractivity contribution is -0.385. The molecule has 0 bridgehead atoms. The molecule has 1 amide bonds. The molecule has 0 saturated heterocycles. The first-order valence-corrected chi connectivity index (χ1v) is 7.50. The molecule has 1 heterocycles. The van der Waals surface area contributed by atoms with Gasteiger partial charge in [0.1, 0.15) is 10.7 Å². The molecule has 0 aliphatic heterocycles. The fraction of sp³-hybridized carbons (Fsp3) is 0.286. The molecular weight excluding hydrogens is 304 g/mol. The highest BCUT2D eigenvalue weighted by Gasteiger charge is 2.17. The minimum atomic E-state index is -0.429. The molecule has 0 radical (unpaired) electrons. The van der Waals surface area contributed by atoms with Crippen molar-refractivity contribution in [2.45, 2.75) is 26.4 Å². The van der Waals surface area contributed by atoms with Gasteiger partial charge in [-0.1, -0.05) is 12.1 Å². The highest BCUT2D eigenvalue weighted by atomic mass is 32.1. The van der Waals surface area contributed by atoms with Crippen molar-refractivity contribution in [2.75, 3.05) is 0 Å². The van der Waals surface area contributed by atoms with Crippen molar-refractivity contribution in [1.82, 2.24) is 10.3 Å². The van der Waals surface area contributed by atoms with Crippen LogP contribution >= 0.6 is 11.3 Å². The van der Waals surface area contributed by atoms with Gasteiger partial charge in [0.2, 0.25) is 0 Å². The maximum atomic E-state index is 12.1. The second kappa shape index (κ2) is 6.63. The summed E-state index contributed by atoms with van der Waals surface area (Å²) in [4.78, 5) is 26.8. The number of nitrogens with one attached hydrogen (secondary N) is 1. The van der Waals surface area contributed by atoms with E-state index in [0.29, 0.717) is 21.8 Å². The van der Waals surface area contributed by atoms with E-state index in [2.05, 4.69) is 10.3 Å². The summed E-state index contributed by atoms with van der Waals surface area (Å²) in [5.41, 5.74) is 7.06. The van der Waals surface area contributed by atoms with Crippen LogP contribution in [0.15, 0.2) is 23.6 Å². The van der Waals surface area contributed by atoms with E-state index in [-0.39, 0.29) is 24.2 Å². The van der Waals surface area contributed by atoms with Gasteiger partial charge in [-0.25, -0.2) is 4.98 Å². The predicted octanol–water partition coefficient (Wildman–Crippen LogP) is 2.31. The summed E-state index contributed by atoms with van der Waals surface area (Å²) in [6.07, 6.45) is 0. The van der Waals surface area contributed by atoms with Crippen LogP contribution in [0, 0.1) is 17.0 Å². The van der Waals surface area contributed by atoms with E-state index < -0.39 is 4.92 Å². The molecule has 2 aromatic rings. The Morgan fingerprint density at radius 3 is 2.86 bits per heavy atom. The van der Waals surface area contributed by atoms with Crippen molar-refractivity contribution in [1.29, 1.82) is 0 Å². The van der Waals surface area contributed by atoms with Crippen molar-refractivity contribution < 1.29 is 9.72 Å². The number of nitro groups is 1. The number of nitrogens with zero attached hydrogens (tertiary/aromatic N) is 2. The fourth-order valence-corrected chi connectivity index (χ4v) is 2.61. The maximum absolute atomic E-state index is 12.1. The zero-order valence-electron chi connectivity index (χ0n) is 12.2. The summed E-state index contributed by atoms with van der Waals surface area (Å²) in [6.45, 7) is 3.73. The molecule has 7 nitrogen and oxygen atoms in total. The largest absolute Gasteiger partial charge is 0.344 e. The van der Waals surface area contributed by atoms with Crippen LogP contribution in [0.3, 0.4) is 0 Å². The topological polar surface area (TPSA) is 111 Å². The summed E-state index contributed by atoms with van der Waals surface area (Å²) in [6, 6.07) is 4.55. The third-order valence-electron chi connectivity index (χ3n) is 3.24. The lowest BCUT2D eigenvalue weighted by Gasteiger charge is -2.13. The van der Waals surface area contributed by atoms with Gasteiger partial charge in [0.25, 0.3) is 11.6 Å². The third-order valence-corrected chi connectivity index (χ3v) is 4.11. The highest BCUT2D eigenvalue weighted by molar-refractivity contribution is 7.09. The van der Waals surface area contributed by atoms with Gasteiger partial charge in [-0.05, 0) is 19.4 Å². The lowest BCUT2D eigenvalue weighted by atomic mass is 10.0. The highest BCUT2D eigenvalue weighted by Crippen LogP contribution is 2.23.